The Morgan fingerprint density at radius 2 is 1.47 bits per heavy atom. The first-order valence-corrected chi connectivity index (χ1v) is 15.1. The predicted molar refractivity (Wildman–Crippen MR) is 170 cm³/mol. The zero-order valence-electron chi connectivity index (χ0n) is 25.8. The normalized spacial score (nSPS) is 13.5. The molecule has 2 aromatic carbocycles. The highest BCUT2D eigenvalue weighted by molar-refractivity contribution is 5.94. The van der Waals surface area contributed by atoms with E-state index in [1.165, 1.54) is 4.90 Å². The van der Waals surface area contributed by atoms with Gasteiger partial charge in [0.15, 0.2) is 0 Å². The van der Waals surface area contributed by atoms with Crippen LogP contribution in [-0.4, -0.2) is 125 Å². The lowest BCUT2D eigenvalue weighted by Gasteiger charge is -2.34. The fourth-order valence-corrected chi connectivity index (χ4v) is 4.45. The van der Waals surface area contributed by atoms with Gasteiger partial charge in [0.05, 0.1) is 51.0 Å². The smallest absolute Gasteiger partial charge is 0.407 e. The molecule has 0 unspecified atom stereocenters. The summed E-state index contributed by atoms with van der Waals surface area (Å²) in [7, 11) is 0. The van der Waals surface area contributed by atoms with Crippen LogP contribution in [0.15, 0.2) is 63.9 Å². The molecule has 2 N–H and O–H groups in total. The minimum absolute atomic E-state index is 0.199. The summed E-state index contributed by atoms with van der Waals surface area (Å²) < 4.78 is 16.1. The average Bonchev–Trinajstić information content (AvgIpc) is 3.07. The van der Waals surface area contributed by atoms with Crippen molar-refractivity contribution < 1.29 is 28.9 Å². The van der Waals surface area contributed by atoms with Gasteiger partial charge in [0.1, 0.15) is 0 Å². The number of anilines is 1. The number of nitrogens with one attached hydrogen (secondary N) is 1. The number of likely N-dealkylation sites (N-methyl/N-ethyl adjacent to an activating group) is 1. The number of benzene rings is 2. The van der Waals surface area contributed by atoms with Crippen LogP contribution in [0, 0.1) is 0 Å². The minimum atomic E-state index is -0.847. The largest absolute Gasteiger partial charge is 0.465 e. The number of azide groups is 1. The molecule has 15 nitrogen and oxygen atoms in total. The second kappa shape index (κ2) is 20.6. The number of hydrogen-bond donors (Lipinski definition) is 2. The van der Waals surface area contributed by atoms with Crippen LogP contribution in [-0.2, 0) is 14.2 Å². The maximum absolute atomic E-state index is 12.4. The fraction of sp³-hybridized carbons (Fsp3) is 0.533. The monoisotopic (exact) mass is 625 g/mol. The molecule has 0 radical (unpaired) electrons. The number of piperazine rings is 1. The molecule has 15 heteroatoms. The molecule has 0 bridgehead atoms. The van der Waals surface area contributed by atoms with E-state index in [-0.39, 0.29) is 5.91 Å². The van der Waals surface area contributed by atoms with Crippen molar-refractivity contribution in [2.45, 2.75) is 6.92 Å². The second-order valence-corrected chi connectivity index (χ2v) is 10.0. The number of carboxylic acid groups (broad SMARTS) is 1. The van der Waals surface area contributed by atoms with E-state index in [1.54, 1.807) is 24.3 Å². The lowest BCUT2D eigenvalue weighted by Crippen LogP contribution is -2.50. The Balaban J connectivity index is 1.31. The average molecular weight is 626 g/mol. The van der Waals surface area contributed by atoms with Crippen LogP contribution in [0.2, 0.25) is 0 Å². The van der Waals surface area contributed by atoms with Gasteiger partial charge in [-0.1, -0.05) is 5.11 Å². The van der Waals surface area contributed by atoms with Gasteiger partial charge in [-0.15, -0.1) is 0 Å². The number of amides is 2. The van der Waals surface area contributed by atoms with Crippen molar-refractivity contribution in [2.75, 3.05) is 103 Å². The Morgan fingerprint density at radius 1 is 0.889 bits per heavy atom. The van der Waals surface area contributed by atoms with E-state index in [1.807, 2.05) is 24.3 Å². The highest BCUT2D eigenvalue weighted by Gasteiger charge is 2.20. The van der Waals surface area contributed by atoms with Gasteiger partial charge in [0.2, 0.25) is 0 Å². The summed E-state index contributed by atoms with van der Waals surface area (Å²) in [5.74, 6) is -0.199. The van der Waals surface area contributed by atoms with Gasteiger partial charge < -0.3 is 34.4 Å². The molecular formula is C30H43N9O6. The Bertz CT molecular complexity index is 1230. The molecule has 0 aliphatic carbocycles. The van der Waals surface area contributed by atoms with Crippen LogP contribution in [0.3, 0.4) is 0 Å². The number of rotatable bonds is 20. The molecule has 0 saturated carbocycles. The van der Waals surface area contributed by atoms with Gasteiger partial charge in [0.25, 0.3) is 5.91 Å². The van der Waals surface area contributed by atoms with E-state index in [4.69, 9.17) is 24.8 Å². The first-order chi connectivity index (χ1) is 22.0. The SMILES string of the molecule is CCN(CCN1CCN(C(=O)O)CC1)c1ccc(N=Nc2ccc(C(=O)NCCOCCOCCOCCN=[N+]=[N-])cc2)cc1. The third kappa shape index (κ3) is 13.5. The third-order valence-electron chi connectivity index (χ3n) is 7.01. The molecule has 45 heavy (non-hydrogen) atoms. The molecule has 0 atom stereocenters. The van der Waals surface area contributed by atoms with Crippen molar-refractivity contribution in [3.8, 4) is 0 Å². The fourth-order valence-electron chi connectivity index (χ4n) is 4.45. The molecular weight excluding hydrogens is 582 g/mol. The van der Waals surface area contributed by atoms with E-state index < -0.39 is 6.09 Å². The Hall–Kier alpha value is -4.27. The summed E-state index contributed by atoms with van der Waals surface area (Å²) in [6.45, 7) is 10.4. The van der Waals surface area contributed by atoms with Crippen LogP contribution in [0.25, 0.3) is 10.4 Å². The molecule has 0 spiro atoms. The number of nitrogens with zero attached hydrogens (tertiary/aromatic N) is 8. The Labute approximate surface area is 263 Å². The van der Waals surface area contributed by atoms with E-state index in [0.717, 1.165) is 44.1 Å². The highest BCUT2D eigenvalue weighted by atomic mass is 16.5. The van der Waals surface area contributed by atoms with Crippen LogP contribution >= 0.6 is 0 Å². The quantitative estimate of drug-likeness (QED) is 0.0946. The molecule has 1 fully saturated rings. The highest BCUT2D eigenvalue weighted by Crippen LogP contribution is 2.23. The summed E-state index contributed by atoms with van der Waals surface area (Å²) in [6, 6.07) is 14.8. The van der Waals surface area contributed by atoms with Crippen molar-refractivity contribution >= 4 is 29.1 Å². The van der Waals surface area contributed by atoms with Crippen LogP contribution in [0.4, 0.5) is 21.9 Å². The number of azo groups is 1. The summed E-state index contributed by atoms with van der Waals surface area (Å²) in [4.78, 5) is 32.2. The minimum Gasteiger partial charge on any atom is -0.465 e. The molecule has 1 aliphatic rings. The molecule has 1 heterocycles. The van der Waals surface area contributed by atoms with E-state index in [2.05, 4.69) is 42.3 Å². The molecule has 244 valence electrons. The van der Waals surface area contributed by atoms with E-state index in [0.29, 0.717) is 77.1 Å². The van der Waals surface area contributed by atoms with Gasteiger partial charge in [-0.05, 0) is 61.0 Å². The van der Waals surface area contributed by atoms with Crippen LogP contribution < -0.4 is 10.2 Å². The first kappa shape index (κ1) is 35.2. The predicted octanol–water partition coefficient (Wildman–Crippen LogP) is 4.31. The third-order valence-corrected chi connectivity index (χ3v) is 7.01. The van der Waals surface area contributed by atoms with Gasteiger partial charge in [0, 0.05) is 75.1 Å². The van der Waals surface area contributed by atoms with E-state index >= 15 is 0 Å². The maximum atomic E-state index is 12.4. The molecule has 2 aromatic rings. The lowest BCUT2D eigenvalue weighted by molar-refractivity contribution is 0.0166. The summed E-state index contributed by atoms with van der Waals surface area (Å²) in [5.41, 5.74) is 11.1. The summed E-state index contributed by atoms with van der Waals surface area (Å²) in [5, 5.41) is 23.9. The number of ether oxygens (including phenoxy) is 3. The van der Waals surface area contributed by atoms with Gasteiger partial charge in [-0.2, -0.15) is 10.2 Å². The zero-order chi connectivity index (χ0) is 32.1. The Morgan fingerprint density at radius 3 is 2.04 bits per heavy atom. The zero-order valence-corrected chi connectivity index (χ0v) is 25.8. The lowest BCUT2D eigenvalue weighted by atomic mass is 10.2. The van der Waals surface area contributed by atoms with Crippen LogP contribution in [0.5, 0.6) is 0 Å². The van der Waals surface area contributed by atoms with Crippen molar-refractivity contribution in [2.24, 2.45) is 15.3 Å². The number of carbonyl (C=O) groups is 2. The standard InChI is InChI=1S/C30H43N9O6/c1-2-38(16-13-37-14-17-39(18-15-37)30(41)42)28-9-7-27(8-10-28)35-34-26-5-3-25(4-6-26)29(40)32-11-19-43-21-23-45-24-22-44-20-12-33-36-31/h3-10H,2,11-24H2,1H3,(H,32,40)(H,41,42). The number of hydrogen-bond acceptors (Lipinski definition) is 10. The molecule has 2 amide bonds. The van der Waals surface area contributed by atoms with Gasteiger partial charge in [-0.3, -0.25) is 9.69 Å². The van der Waals surface area contributed by atoms with Crippen LogP contribution in [0.1, 0.15) is 17.3 Å². The second-order valence-electron chi connectivity index (χ2n) is 10.0. The molecule has 0 aromatic heterocycles. The van der Waals surface area contributed by atoms with Crippen molar-refractivity contribution in [3.63, 3.8) is 0 Å². The first-order valence-electron chi connectivity index (χ1n) is 15.1. The summed E-state index contributed by atoms with van der Waals surface area (Å²) >= 11 is 0. The molecule has 3 rings (SSSR count). The number of carbonyl (C=O) groups excluding carboxylic acids is 1. The van der Waals surface area contributed by atoms with Crippen molar-refractivity contribution in [3.05, 3.63) is 64.5 Å². The van der Waals surface area contributed by atoms with E-state index in [9.17, 15) is 9.59 Å². The van der Waals surface area contributed by atoms with Gasteiger partial charge >= 0.3 is 6.09 Å². The van der Waals surface area contributed by atoms with Crippen molar-refractivity contribution in [1.82, 2.24) is 15.1 Å². The van der Waals surface area contributed by atoms with Gasteiger partial charge in [-0.25, -0.2) is 4.79 Å². The molecule has 1 saturated heterocycles. The Kier molecular flexibility index (Phi) is 16.2. The summed E-state index contributed by atoms with van der Waals surface area (Å²) in [6.07, 6.45) is -0.847. The molecule has 1 aliphatic heterocycles. The maximum Gasteiger partial charge on any atom is 0.407 e. The topological polar surface area (TPSA) is 177 Å². The van der Waals surface area contributed by atoms with Crippen molar-refractivity contribution in [1.29, 1.82) is 0 Å².